The summed E-state index contributed by atoms with van der Waals surface area (Å²) >= 11 is 0. The standard InChI is InChI=1S/C15H22N2O.ClH/c1-11-4-2-5-12(8-11)10-17-15(18)13-6-3-7-14(16)9-13;/h3,6-7,9,11-12H,2,4-5,8,10,16H2,1H3,(H,17,18);1H. The number of halogens is 1. The third kappa shape index (κ3) is 4.75. The third-order valence-corrected chi connectivity index (χ3v) is 3.75. The number of amides is 1. The third-order valence-electron chi connectivity index (χ3n) is 3.75. The van der Waals surface area contributed by atoms with E-state index in [-0.39, 0.29) is 18.3 Å². The number of rotatable bonds is 3. The average Bonchev–Trinajstić information content (AvgIpc) is 2.36. The highest BCUT2D eigenvalue weighted by Gasteiger charge is 2.19. The number of hydrogen-bond acceptors (Lipinski definition) is 2. The van der Waals surface area contributed by atoms with Crippen LogP contribution in [-0.4, -0.2) is 12.5 Å². The van der Waals surface area contributed by atoms with Crippen LogP contribution in [-0.2, 0) is 0 Å². The van der Waals surface area contributed by atoms with Crippen molar-refractivity contribution in [3.63, 3.8) is 0 Å². The molecule has 1 aliphatic rings. The van der Waals surface area contributed by atoms with E-state index in [2.05, 4.69) is 12.2 Å². The second kappa shape index (κ2) is 7.39. The summed E-state index contributed by atoms with van der Waals surface area (Å²) in [6.45, 7) is 3.09. The van der Waals surface area contributed by atoms with Crippen molar-refractivity contribution < 1.29 is 4.79 Å². The first-order valence-electron chi connectivity index (χ1n) is 6.79. The van der Waals surface area contributed by atoms with Crippen LogP contribution in [0.2, 0.25) is 0 Å². The molecule has 0 aliphatic heterocycles. The van der Waals surface area contributed by atoms with Gasteiger partial charge in [-0.2, -0.15) is 0 Å². The molecule has 0 saturated heterocycles. The first kappa shape index (κ1) is 15.8. The highest BCUT2D eigenvalue weighted by Crippen LogP contribution is 2.27. The molecule has 2 unspecified atom stereocenters. The molecule has 0 aromatic heterocycles. The lowest BCUT2D eigenvalue weighted by molar-refractivity contribution is 0.0940. The molecule has 1 aliphatic carbocycles. The quantitative estimate of drug-likeness (QED) is 0.836. The van der Waals surface area contributed by atoms with Gasteiger partial charge in [0.25, 0.3) is 5.91 Å². The Kier molecular flexibility index (Phi) is 6.16. The van der Waals surface area contributed by atoms with Crippen LogP contribution in [0.5, 0.6) is 0 Å². The van der Waals surface area contributed by atoms with Crippen molar-refractivity contribution in [2.75, 3.05) is 12.3 Å². The molecule has 1 fully saturated rings. The van der Waals surface area contributed by atoms with E-state index in [9.17, 15) is 4.79 Å². The van der Waals surface area contributed by atoms with Crippen molar-refractivity contribution in [3.05, 3.63) is 29.8 Å². The van der Waals surface area contributed by atoms with Crippen molar-refractivity contribution in [1.82, 2.24) is 5.32 Å². The molecular weight excluding hydrogens is 260 g/mol. The molecule has 106 valence electrons. The summed E-state index contributed by atoms with van der Waals surface area (Å²) in [5.41, 5.74) is 6.96. The maximum Gasteiger partial charge on any atom is 0.251 e. The summed E-state index contributed by atoms with van der Waals surface area (Å²) in [6, 6.07) is 7.13. The lowest BCUT2D eigenvalue weighted by Crippen LogP contribution is -2.31. The minimum Gasteiger partial charge on any atom is -0.399 e. The normalized spacial score (nSPS) is 22.4. The molecule has 19 heavy (non-hydrogen) atoms. The fraction of sp³-hybridized carbons (Fsp3) is 0.533. The van der Waals surface area contributed by atoms with Crippen LogP contribution in [0, 0.1) is 11.8 Å². The van der Waals surface area contributed by atoms with Crippen LogP contribution in [0.25, 0.3) is 0 Å². The van der Waals surface area contributed by atoms with Crippen LogP contribution in [0.3, 0.4) is 0 Å². The summed E-state index contributed by atoms with van der Waals surface area (Å²) in [5, 5.41) is 3.02. The fourth-order valence-electron chi connectivity index (χ4n) is 2.76. The highest BCUT2D eigenvalue weighted by atomic mass is 35.5. The van der Waals surface area contributed by atoms with Gasteiger partial charge in [0.1, 0.15) is 0 Å². The molecule has 4 heteroatoms. The average molecular weight is 283 g/mol. The van der Waals surface area contributed by atoms with Crippen LogP contribution in [0.15, 0.2) is 24.3 Å². The molecule has 0 heterocycles. The molecular formula is C15H23ClN2O. The van der Waals surface area contributed by atoms with E-state index in [1.807, 2.05) is 6.07 Å². The van der Waals surface area contributed by atoms with E-state index in [1.54, 1.807) is 18.2 Å². The Morgan fingerprint density at radius 3 is 2.89 bits per heavy atom. The van der Waals surface area contributed by atoms with Gasteiger partial charge in [-0.05, 0) is 42.9 Å². The van der Waals surface area contributed by atoms with Gasteiger partial charge in [-0.1, -0.05) is 25.8 Å². The topological polar surface area (TPSA) is 55.1 Å². The van der Waals surface area contributed by atoms with Crippen molar-refractivity contribution in [3.8, 4) is 0 Å². The molecule has 3 nitrogen and oxygen atoms in total. The van der Waals surface area contributed by atoms with Crippen molar-refractivity contribution >= 4 is 24.0 Å². The molecule has 0 radical (unpaired) electrons. The molecule has 1 aromatic rings. The van der Waals surface area contributed by atoms with E-state index in [4.69, 9.17) is 5.73 Å². The minimum atomic E-state index is -0.0134. The number of carbonyl (C=O) groups is 1. The van der Waals surface area contributed by atoms with E-state index < -0.39 is 0 Å². The maximum atomic E-state index is 12.0. The SMILES string of the molecule is CC1CCCC(CNC(=O)c2cccc(N)c2)C1.Cl. The van der Waals surface area contributed by atoms with Gasteiger partial charge in [0.2, 0.25) is 0 Å². The summed E-state index contributed by atoms with van der Waals surface area (Å²) in [6.07, 6.45) is 5.10. The van der Waals surface area contributed by atoms with Crippen LogP contribution in [0.1, 0.15) is 43.0 Å². The lowest BCUT2D eigenvalue weighted by Gasteiger charge is -2.26. The number of hydrogen-bond donors (Lipinski definition) is 2. The van der Waals surface area contributed by atoms with Crippen molar-refractivity contribution in [1.29, 1.82) is 0 Å². The molecule has 0 spiro atoms. The highest BCUT2D eigenvalue weighted by molar-refractivity contribution is 5.94. The fourth-order valence-corrected chi connectivity index (χ4v) is 2.76. The van der Waals surface area contributed by atoms with Gasteiger partial charge in [-0.3, -0.25) is 4.79 Å². The summed E-state index contributed by atoms with van der Waals surface area (Å²) < 4.78 is 0. The van der Waals surface area contributed by atoms with E-state index >= 15 is 0 Å². The Morgan fingerprint density at radius 2 is 2.21 bits per heavy atom. The number of carbonyl (C=O) groups excluding carboxylic acids is 1. The van der Waals surface area contributed by atoms with Crippen LogP contribution >= 0.6 is 12.4 Å². The summed E-state index contributed by atoms with van der Waals surface area (Å²) in [5.74, 6) is 1.42. The van der Waals surface area contributed by atoms with Gasteiger partial charge >= 0.3 is 0 Å². The Bertz CT molecular complexity index is 422. The van der Waals surface area contributed by atoms with E-state index in [1.165, 1.54) is 25.7 Å². The predicted octanol–water partition coefficient (Wildman–Crippen LogP) is 3.25. The predicted molar refractivity (Wildman–Crippen MR) is 81.6 cm³/mol. The van der Waals surface area contributed by atoms with Gasteiger partial charge < -0.3 is 11.1 Å². The second-order valence-corrected chi connectivity index (χ2v) is 5.47. The van der Waals surface area contributed by atoms with Gasteiger partial charge in [-0.25, -0.2) is 0 Å². The zero-order chi connectivity index (χ0) is 13.0. The minimum absolute atomic E-state index is 0. The molecule has 2 atom stereocenters. The smallest absolute Gasteiger partial charge is 0.251 e. The Labute approximate surface area is 121 Å². The van der Waals surface area contributed by atoms with E-state index in [0.29, 0.717) is 17.2 Å². The molecule has 0 bridgehead atoms. The summed E-state index contributed by atoms with van der Waals surface area (Å²) in [4.78, 5) is 12.0. The van der Waals surface area contributed by atoms with Gasteiger partial charge in [-0.15, -0.1) is 12.4 Å². The zero-order valence-electron chi connectivity index (χ0n) is 11.4. The lowest BCUT2D eigenvalue weighted by atomic mass is 9.82. The monoisotopic (exact) mass is 282 g/mol. The Balaban J connectivity index is 0.00000180. The first-order chi connectivity index (χ1) is 8.65. The largest absolute Gasteiger partial charge is 0.399 e. The maximum absolute atomic E-state index is 12.0. The van der Waals surface area contributed by atoms with Crippen molar-refractivity contribution in [2.24, 2.45) is 11.8 Å². The number of anilines is 1. The van der Waals surface area contributed by atoms with Gasteiger partial charge in [0.05, 0.1) is 0 Å². The molecule has 1 saturated carbocycles. The number of nitrogen functional groups attached to an aromatic ring is 1. The molecule has 3 N–H and O–H groups in total. The first-order valence-corrected chi connectivity index (χ1v) is 6.79. The Morgan fingerprint density at radius 1 is 1.42 bits per heavy atom. The van der Waals surface area contributed by atoms with Crippen molar-refractivity contribution in [2.45, 2.75) is 32.6 Å². The number of nitrogens with two attached hydrogens (primary N) is 1. The van der Waals surface area contributed by atoms with E-state index in [0.717, 1.165) is 12.5 Å². The molecule has 1 aromatic carbocycles. The van der Waals surface area contributed by atoms with Gasteiger partial charge in [0.15, 0.2) is 0 Å². The zero-order valence-corrected chi connectivity index (χ0v) is 12.2. The van der Waals surface area contributed by atoms with Crippen LogP contribution < -0.4 is 11.1 Å². The van der Waals surface area contributed by atoms with Crippen LogP contribution in [0.4, 0.5) is 5.69 Å². The number of benzene rings is 1. The Hall–Kier alpha value is -1.22. The molecule has 1 amide bonds. The molecule has 2 rings (SSSR count). The second-order valence-electron chi connectivity index (χ2n) is 5.47. The number of nitrogens with one attached hydrogen (secondary N) is 1. The summed E-state index contributed by atoms with van der Waals surface area (Å²) in [7, 11) is 0. The van der Waals surface area contributed by atoms with Gasteiger partial charge in [0, 0.05) is 17.8 Å².